The van der Waals surface area contributed by atoms with Gasteiger partial charge in [0.05, 0.1) is 0 Å². The summed E-state index contributed by atoms with van der Waals surface area (Å²) in [6.45, 7) is 0. The maximum Gasteiger partial charge on any atom is 1.00 e. The van der Waals surface area contributed by atoms with Crippen LogP contribution in [0.25, 0.3) is 0 Å². The van der Waals surface area contributed by atoms with E-state index in [-0.39, 0.29) is 59.0 Å². The Morgan fingerprint density at radius 3 is 1.10 bits per heavy atom. The smallest absolute Gasteiger partial charge is 1.00 e. The van der Waals surface area contributed by atoms with Crippen molar-refractivity contribution in [2.24, 2.45) is 0 Å². The summed E-state index contributed by atoms with van der Waals surface area (Å²) in [6, 6.07) is 0. The topological polar surface area (TPSA) is 162 Å². The summed E-state index contributed by atoms with van der Waals surface area (Å²) in [6.07, 6.45) is 0. The molecule has 5 N–H and O–H groups in total. The number of nitrogens with zero attached hydrogens (tertiary/aromatic N) is 2. The van der Waals surface area contributed by atoms with Gasteiger partial charge in [-0.25, -0.2) is 0 Å². The summed E-state index contributed by atoms with van der Waals surface area (Å²) >= 11 is 0. The molecule has 0 fully saturated rings. The van der Waals surface area contributed by atoms with Crippen LogP contribution in [0.3, 0.4) is 0 Å². The molecule has 0 unspecified atom stereocenters. The van der Waals surface area contributed by atoms with Crippen molar-refractivity contribution in [2.75, 3.05) is 0 Å². The number of hydrogen-bond acceptors (Lipinski definition) is 5. The van der Waals surface area contributed by atoms with Gasteiger partial charge < -0.3 is 18.0 Å². The van der Waals surface area contributed by atoms with Crippen LogP contribution in [0.1, 0.15) is 1.43 Å². The summed E-state index contributed by atoms with van der Waals surface area (Å²) < 4.78 is 0. The molecule has 0 aromatic rings. The first kappa shape index (κ1) is 22.5. The van der Waals surface area contributed by atoms with Gasteiger partial charge in [-0.2, -0.15) is 0 Å². The van der Waals surface area contributed by atoms with Gasteiger partial charge in [-0.15, -0.1) is 20.2 Å². The largest absolute Gasteiger partial charge is 1.00 e. The maximum atomic E-state index is 8.36. The zero-order valence-electron chi connectivity index (χ0n) is 6.13. The van der Waals surface area contributed by atoms with E-state index in [2.05, 4.69) is 0 Å². The second-order valence-corrected chi connectivity index (χ2v) is 0.476. The molecule has 0 amide bonds. The van der Waals surface area contributed by atoms with E-state index in [0.29, 0.717) is 0 Å². The third kappa shape index (κ3) is 29600000. The van der Waals surface area contributed by atoms with Crippen molar-refractivity contribution in [2.45, 2.75) is 0 Å². The fourth-order valence-corrected chi connectivity index (χ4v) is 0. The number of rotatable bonds is 0. The molecule has 0 aromatic heterocycles. The summed E-state index contributed by atoms with van der Waals surface area (Å²) in [5, 5.41) is 27.3. The monoisotopic (exact) mass is 183 g/mol. The second kappa shape index (κ2) is 16.0. The van der Waals surface area contributed by atoms with E-state index in [4.69, 9.17) is 30.6 Å². The molecule has 10 heteroatoms. The van der Waals surface area contributed by atoms with Crippen LogP contribution >= 0.6 is 0 Å². The molecule has 0 spiro atoms. The Labute approximate surface area is 98.7 Å². The van der Waals surface area contributed by atoms with Gasteiger partial charge in [0.25, 0.3) is 10.2 Å². The Morgan fingerprint density at radius 2 is 1.10 bits per heavy atom. The molecular formula is H6KN3O6. The van der Waals surface area contributed by atoms with Gasteiger partial charge in [-0.3, -0.25) is 0 Å². The standard InChI is InChI=1S/K.2HNO3.H3N.H/c;2*2-1(3)4;;/h;2*(H,2,3,4);1H3;/q+1;;;;-1. The van der Waals surface area contributed by atoms with Gasteiger partial charge in [0, 0.05) is 0 Å². The van der Waals surface area contributed by atoms with Crippen molar-refractivity contribution in [3.63, 3.8) is 0 Å². The maximum absolute atomic E-state index is 8.36. The Balaban J connectivity index is -0.0000000171. The molecule has 0 aliphatic heterocycles. The molecular weight excluding hydrogens is 177 g/mol. The van der Waals surface area contributed by atoms with Gasteiger partial charge in [-0.05, 0) is 0 Å². The molecule has 0 radical (unpaired) electrons. The minimum absolute atomic E-state index is 0. The molecule has 9 nitrogen and oxygen atoms in total. The van der Waals surface area contributed by atoms with Gasteiger partial charge in [-0.1, -0.05) is 0 Å². The third-order valence-corrected chi connectivity index (χ3v) is 0. The van der Waals surface area contributed by atoms with Crippen molar-refractivity contribution in [3.8, 4) is 0 Å². The van der Waals surface area contributed by atoms with Crippen LogP contribution in [-0.2, 0) is 0 Å². The van der Waals surface area contributed by atoms with Crippen LogP contribution < -0.4 is 57.5 Å². The average Bonchev–Trinajstić information content (AvgIpc) is 1.25. The van der Waals surface area contributed by atoms with E-state index in [1.807, 2.05) is 0 Å². The Kier molecular flexibility index (Phi) is 36.0. The van der Waals surface area contributed by atoms with Crippen LogP contribution in [0.2, 0.25) is 0 Å². The minimum atomic E-state index is -1.50. The Hall–Kier alpha value is -0.00364. The van der Waals surface area contributed by atoms with E-state index in [1.54, 1.807) is 0 Å². The van der Waals surface area contributed by atoms with Crippen molar-refractivity contribution in [3.05, 3.63) is 20.2 Å². The minimum Gasteiger partial charge on any atom is -1.00 e. The zero-order valence-corrected chi connectivity index (χ0v) is 8.25. The summed E-state index contributed by atoms with van der Waals surface area (Å²) in [7, 11) is 0. The predicted molar refractivity (Wildman–Crippen MR) is 23.7 cm³/mol. The fourth-order valence-electron chi connectivity index (χ4n) is 0. The number of hydrogen-bond donors (Lipinski definition) is 3. The van der Waals surface area contributed by atoms with Crippen molar-refractivity contribution in [1.29, 1.82) is 0 Å². The molecule has 58 valence electrons. The quantitative estimate of drug-likeness (QED) is 0.200. The van der Waals surface area contributed by atoms with E-state index < -0.39 is 10.2 Å². The fraction of sp³-hybridized carbons (Fsp3) is 0. The van der Waals surface area contributed by atoms with Crippen LogP contribution in [0.5, 0.6) is 0 Å². The zero-order chi connectivity index (χ0) is 7.15. The summed E-state index contributed by atoms with van der Waals surface area (Å²) in [5.41, 5.74) is 0. The van der Waals surface area contributed by atoms with E-state index >= 15 is 0 Å². The Morgan fingerprint density at radius 1 is 1.10 bits per heavy atom. The molecule has 0 atom stereocenters. The first-order chi connectivity index (χ1) is 3.46. The second-order valence-electron chi connectivity index (χ2n) is 0.476. The van der Waals surface area contributed by atoms with E-state index in [0.717, 1.165) is 0 Å². The molecule has 0 aliphatic rings. The molecule has 0 saturated carbocycles. The SMILES string of the molecule is N.O=[N+]([O-])O.O=[N+]([O-])O.[H-].[K+]. The average molecular weight is 183 g/mol. The molecule has 0 rings (SSSR count). The molecule has 0 aliphatic carbocycles. The van der Waals surface area contributed by atoms with Gasteiger partial charge in [0.1, 0.15) is 0 Å². The van der Waals surface area contributed by atoms with Crippen LogP contribution in [0, 0.1) is 20.2 Å². The predicted octanol–water partition coefficient (Wildman–Crippen LogP) is -3.42. The van der Waals surface area contributed by atoms with Gasteiger partial charge in [0.2, 0.25) is 0 Å². The van der Waals surface area contributed by atoms with E-state index in [9.17, 15) is 0 Å². The van der Waals surface area contributed by atoms with Crippen molar-refractivity contribution >= 4 is 0 Å². The first-order valence-corrected chi connectivity index (χ1v) is 1.13. The van der Waals surface area contributed by atoms with Gasteiger partial charge in [0.15, 0.2) is 0 Å². The summed E-state index contributed by atoms with van der Waals surface area (Å²) in [5.74, 6) is 0. The molecule has 0 bridgehead atoms. The molecule has 0 aromatic carbocycles. The van der Waals surface area contributed by atoms with Crippen LogP contribution in [-0.4, -0.2) is 20.6 Å². The van der Waals surface area contributed by atoms with Gasteiger partial charge >= 0.3 is 51.4 Å². The van der Waals surface area contributed by atoms with Crippen molar-refractivity contribution < 1.29 is 73.4 Å². The molecule has 0 saturated heterocycles. The van der Waals surface area contributed by atoms with Crippen LogP contribution in [0.4, 0.5) is 0 Å². The normalized spacial score (nSPS) is 4.80. The molecule has 0 heterocycles. The first-order valence-electron chi connectivity index (χ1n) is 1.13. The van der Waals surface area contributed by atoms with Crippen molar-refractivity contribution in [1.82, 2.24) is 6.15 Å². The third-order valence-electron chi connectivity index (χ3n) is 0. The Bertz CT molecular complexity index is 75.8. The van der Waals surface area contributed by atoms with Crippen LogP contribution in [0.15, 0.2) is 0 Å². The van der Waals surface area contributed by atoms with E-state index in [1.165, 1.54) is 0 Å². The molecule has 10 heavy (non-hydrogen) atoms. The summed E-state index contributed by atoms with van der Waals surface area (Å²) in [4.78, 5) is 16.7.